The Balaban J connectivity index is 2.27. The molecule has 2 atom stereocenters. The van der Waals surface area contributed by atoms with Crippen molar-refractivity contribution in [1.29, 1.82) is 5.26 Å². The molecule has 0 spiro atoms. The smallest absolute Gasteiger partial charge is 0.100 e. The molecule has 2 heteroatoms. The average molecular weight is 141 g/mol. The molecule has 1 rings (SSSR count). The minimum atomic E-state index is -0.632. The molecule has 0 aromatic rings. The Kier molecular flexibility index (Phi) is 2.68. The Morgan fingerprint density at radius 2 is 2.30 bits per heavy atom. The molecule has 0 saturated heterocycles. The van der Waals surface area contributed by atoms with Crippen LogP contribution in [0.1, 0.15) is 32.1 Å². The van der Waals surface area contributed by atoms with E-state index in [1.807, 2.05) is 0 Å². The number of nitriles is 1. The zero-order valence-electron chi connectivity index (χ0n) is 6.02. The van der Waals surface area contributed by atoms with Gasteiger partial charge in [0, 0.05) is 6.42 Å². The molecular weight excluding hydrogens is 129 g/mol. The molecular formula is C8H12FN. The third-order valence-corrected chi connectivity index (χ3v) is 2.10. The van der Waals surface area contributed by atoms with E-state index in [2.05, 4.69) is 6.07 Å². The van der Waals surface area contributed by atoms with Crippen molar-refractivity contribution in [2.45, 2.75) is 38.3 Å². The maximum atomic E-state index is 12.6. The van der Waals surface area contributed by atoms with Crippen molar-refractivity contribution >= 4 is 0 Å². The Morgan fingerprint density at radius 1 is 1.50 bits per heavy atom. The third-order valence-electron chi connectivity index (χ3n) is 2.10. The molecule has 1 saturated carbocycles. The first kappa shape index (κ1) is 7.53. The van der Waals surface area contributed by atoms with Gasteiger partial charge < -0.3 is 0 Å². The van der Waals surface area contributed by atoms with Crippen LogP contribution in [0.3, 0.4) is 0 Å². The monoisotopic (exact) mass is 141 g/mol. The van der Waals surface area contributed by atoms with E-state index >= 15 is 0 Å². The van der Waals surface area contributed by atoms with Gasteiger partial charge in [-0.3, -0.25) is 0 Å². The van der Waals surface area contributed by atoms with Crippen LogP contribution in [-0.2, 0) is 0 Å². The van der Waals surface area contributed by atoms with Crippen LogP contribution >= 0.6 is 0 Å². The van der Waals surface area contributed by atoms with Gasteiger partial charge >= 0.3 is 0 Å². The van der Waals surface area contributed by atoms with Crippen LogP contribution in [0.15, 0.2) is 0 Å². The van der Waals surface area contributed by atoms with E-state index in [4.69, 9.17) is 5.26 Å². The van der Waals surface area contributed by atoms with Gasteiger partial charge in [-0.15, -0.1) is 0 Å². The second-order valence-corrected chi connectivity index (χ2v) is 2.99. The molecule has 1 aliphatic carbocycles. The second-order valence-electron chi connectivity index (χ2n) is 2.99. The van der Waals surface area contributed by atoms with Gasteiger partial charge in [-0.2, -0.15) is 5.26 Å². The first-order chi connectivity index (χ1) is 4.83. The zero-order chi connectivity index (χ0) is 7.40. The summed E-state index contributed by atoms with van der Waals surface area (Å²) in [4.78, 5) is 0. The van der Waals surface area contributed by atoms with Gasteiger partial charge in [0.1, 0.15) is 6.17 Å². The van der Waals surface area contributed by atoms with Crippen molar-refractivity contribution in [1.82, 2.24) is 0 Å². The van der Waals surface area contributed by atoms with Crippen molar-refractivity contribution in [3.8, 4) is 6.07 Å². The van der Waals surface area contributed by atoms with Gasteiger partial charge in [-0.1, -0.05) is 6.42 Å². The number of rotatable bonds is 1. The van der Waals surface area contributed by atoms with Crippen molar-refractivity contribution in [3.05, 3.63) is 0 Å². The fraction of sp³-hybridized carbons (Fsp3) is 0.875. The number of halogens is 1. The first-order valence-corrected chi connectivity index (χ1v) is 3.84. The maximum absolute atomic E-state index is 12.6. The molecule has 56 valence electrons. The van der Waals surface area contributed by atoms with Crippen molar-refractivity contribution < 1.29 is 4.39 Å². The summed E-state index contributed by atoms with van der Waals surface area (Å²) in [7, 11) is 0. The number of hydrogen-bond donors (Lipinski definition) is 0. The molecule has 0 aromatic carbocycles. The summed E-state index contributed by atoms with van der Waals surface area (Å²) < 4.78 is 12.6. The summed E-state index contributed by atoms with van der Waals surface area (Å²) in [6, 6.07) is 2.09. The highest BCUT2D eigenvalue weighted by Gasteiger charge is 2.20. The van der Waals surface area contributed by atoms with E-state index in [1.54, 1.807) is 0 Å². The van der Waals surface area contributed by atoms with E-state index in [0.717, 1.165) is 12.8 Å². The third kappa shape index (κ3) is 1.98. The van der Waals surface area contributed by atoms with E-state index in [-0.39, 0.29) is 0 Å². The van der Waals surface area contributed by atoms with E-state index in [1.165, 1.54) is 0 Å². The summed E-state index contributed by atoms with van der Waals surface area (Å²) in [5.74, 6) is 0.341. The lowest BCUT2D eigenvalue weighted by Crippen LogP contribution is -2.15. The molecule has 0 amide bonds. The van der Waals surface area contributed by atoms with Gasteiger partial charge in [-0.05, 0) is 25.2 Å². The van der Waals surface area contributed by atoms with Gasteiger partial charge in [-0.25, -0.2) is 4.39 Å². The number of alkyl halides is 1. The first-order valence-electron chi connectivity index (χ1n) is 3.84. The van der Waals surface area contributed by atoms with E-state index < -0.39 is 6.17 Å². The highest BCUT2D eigenvalue weighted by Crippen LogP contribution is 2.27. The predicted molar refractivity (Wildman–Crippen MR) is 37.1 cm³/mol. The second kappa shape index (κ2) is 3.55. The van der Waals surface area contributed by atoms with Gasteiger partial charge in [0.2, 0.25) is 0 Å². The molecule has 1 nitrogen and oxygen atoms in total. The van der Waals surface area contributed by atoms with Crippen LogP contribution in [-0.4, -0.2) is 6.17 Å². The van der Waals surface area contributed by atoms with Crippen LogP contribution in [0.25, 0.3) is 0 Å². The van der Waals surface area contributed by atoms with E-state index in [0.29, 0.717) is 25.2 Å². The summed E-state index contributed by atoms with van der Waals surface area (Å²) in [6.07, 6.45) is 3.25. The van der Waals surface area contributed by atoms with Crippen LogP contribution in [0.2, 0.25) is 0 Å². The molecule has 0 aliphatic heterocycles. The predicted octanol–water partition coefficient (Wildman–Crippen LogP) is 2.43. The van der Waals surface area contributed by atoms with Crippen LogP contribution in [0, 0.1) is 17.2 Å². The molecule has 0 radical (unpaired) electrons. The van der Waals surface area contributed by atoms with E-state index in [9.17, 15) is 4.39 Å². The van der Waals surface area contributed by atoms with Gasteiger partial charge in [0.25, 0.3) is 0 Å². The van der Waals surface area contributed by atoms with Gasteiger partial charge in [0.15, 0.2) is 0 Å². The zero-order valence-corrected chi connectivity index (χ0v) is 6.02. The Labute approximate surface area is 60.8 Å². The summed E-state index contributed by atoms with van der Waals surface area (Å²) in [6.45, 7) is 0. The fourth-order valence-corrected chi connectivity index (χ4v) is 1.54. The summed E-state index contributed by atoms with van der Waals surface area (Å²) in [5, 5.41) is 8.33. The van der Waals surface area contributed by atoms with Crippen molar-refractivity contribution in [2.75, 3.05) is 0 Å². The highest BCUT2D eigenvalue weighted by molar-refractivity contribution is 4.80. The molecule has 0 bridgehead atoms. The molecule has 0 N–H and O–H groups in total. The molecule has 1 aliphatic rings. The van der Waals surface area contributed by atoms with Crippen LogP contribution < -0.4 is 0 Å². The Bertz CT molecular complexity index is 139. The Morgan fingerprint density at radius 3 is 2.90 bits per heavy atom. The molecule has 0 aromatic heterocycles. The normalized spacial score (nSPS) is 33.2. The minimum Gasteiger partial charge on any atom is -0.247 e. The van der Waals surface area contributed by atoms with Crippen molar-refractivity contribution in [2.24, 2.45) is 5.92 Å². The highest BCUT2D eigenvalue weighted by atomic mass is 19.1. The maximum Gasteiger partial charge on any atom is 0.100 e. The topological polar surface area (TPSA) is 23.8 Å². The SMILES string of the molecule is N#CCC1CCCC(F)C1. The van der Waals surface area contributed by atoms with Crippen molar-refractivity contribution in [3.63, 3.8) is 0 Å². The van der Waals surface area contributed by atoms with Crippen LogP contribution in [0.5, 0.6) is 0 Å². The largest absolute Gasteiger partial charge is 0.247 e. The van der Waals surface area contributed by atoms with Crippen LogP contribution in [0.4, 0.5) is 4.39 Å². The molecule has 10 heavy (non-hydrogen) atoms. The fourth-order valence-electron chi connectivity index (χ4n) is 1.54. The minimum absolute atomic E-state index is 0.341. The lowest BCUT2D eigenvalue weighted by atomic mass is 9.86. The Hall–Kier alpha value is -0.580. The summed E-state index contributed by atoms with van der Waals surface area (Å²) in [5.41, 5.74) is 0. The average Bonchev–Trinajstić information content (AvgIpc) is 1.88. The molecule has 1 fully saturated rings. The quantitative estimate of drug-likeness (QED) is 0.550. The van der Waals surface area contributed by atoms with Gasteiger partial charge in [0.05, 0.1) is 6.07 Å². The standard InChI is InChI=1S/C8H12FN/c9-8-3-1-2-7(6-8)4-5-10/h7-8H,1-4,6H2. The lowest BCUT2D eigenvalue weighted by Gasteiger charge is -2.21. The lowest BCUT2D eigenvalue weighted by molar-refractivity contribution is 0.200. The molecule has 0 heterocycles. The number of nitrogens with zero attached hydrogens (tertiary/aromatic N) is 1. The molecule has 2 unspecified atom stereocenters. The summed E-state index contributed by atoms with van der Waals surface area (Å²) >= 11 is 0. The number of hydrogen-bond acceptors (Lipinski definition) is 1.